The highest BCUT2D eigenvalue weighted by Crippen LogP contribution is 2.48. The van der Waals surface area contributed by atoms with Gasteiger partial charge in [0.2, 0.25) is 0 Å². The summed E-state index contributed by atoms with van der Waals surface area (Å²) in [5.74, 6) is -4.41. The third-order valence-corrected chi connectivity index (χ3v) is 6.28. The summed E-state index contributed by atoms with van der Waals surface area (Å²) < 4.78 is 11.1. The number of fused-ring (bicyclic) bond motifs is 1. The number of rotatable bonds is 5. The second-order valence-electron chi connectivity index (χ2n) is 7.39. The maximum Gasteiger partial charge on any atom is 0.326 e. The van der Waals surface area contributed by atoms with Crippen LogP contribution in [0.3, 0.4) is 0 Å². The molecule has 0 radical (unpaired) electrons. The van der Waals surface area contributed by atoms with Gasteiger partial charge in [0.05, 0.1) is 13.0 Å². The zero-order valence-corrected chi connectivity index (χ0v) is 19.3. The van der Waals surface area contributed by atoms with Crippen LogP contribution < -0.4 is 4.74 Å². The number of hydrogen-bond donors (Lipinski definition) is 0. The number of benzene rings is 3. The molecule has 5 nitrogen and oxygen atoms in total. The van der Waals surface area contributed by atoms with Gasteiger partial charge in [-0.25, -0.2) is 0 Å². The average molecular weight is 514 g/mol. The fourth-order valence-corrected chi connectivity index (χ4v) is 4.59. The van der Waals surface area contributed by atoms with Gasteiger partial charge in [0.25, 0.3) is 0 Å². The topological polar surface area (TPSA) is 69.7 Å². The molecule has 0 saturated carbocycles. The first kappa shape index (κ1) is 22.2. The van der Waals surface area contributed by atoms with E-state index in [0.717, 1.165) is 4.47 Å². The second kappa shape index (κ2) is 9.27. The minimum atomic E-state index is -1.30. The van der Waals surface area contributed by atoms with Gasteiger partial charge in [-0.1, -0.05) is 57.9 Å². The number of halogens is 2. The Kier molecular flexibility index (Phi) is 6.44. The Hall–Kier alpha value is -2.96. The molecule has 0 amide bonds. The first-order chi connectivity index (χ1) is 15.4. The smallest absolute Gasteiger partial charge is 0.326 e. The van der Waals surface area contributed by atoms with E-state index in [-0.39, 0.29) is 5.78 Å². The highest BCUT2D eigenvalue weighted by Gasteiger charge is 2.49. The number of hydrogen-bond acceptors (Lipinski definition) is 5. The van der Waals surface area contributed by atoms with Crippen molar-refractivity contribution >= 4 is 45.3 Å². The van der Waals surface area contributed by atoms with E-state index >= 15 is 0 Å². The molecular weight excluding hydrogens is 496 g/mol. The number of ketones is 1. The summed E-state index contributed by atoms with van der Waals surface area (Å²) in [5, 5.41) is 0.501. The molecule has 1 aliphatic rings. The van der Waals surface area contributed by atoms with Gasteiger partial charge < -0.3 is 9.47 Å². The normalized spacial score (nSPS) is 18.3. The molecule has 0 bridgehead atoms. The minimum Gasteiger partial charge on any atom is -0.468 e. The molecule has 1 heterocycles. The SMILES string of the molecule is COC(=O)C1C(=O)Oc2ccc(Br)cc2C1C(C(=O)c1ccc(Cl)cc1)c1ccccc1. The van der Waals surface area contributed by atoms with Crippen LogP contribution in [-0.4, -0.2) is 24.8 Å². The van der Waals surface area contributed by atoms with Crippen LogP contribution in [0, 0.1) is 5.92 Å². The molecule has 1 aliphatic heterocycles. The Morgan fingerprint density at radius 2 is 1.72 bits per heavy atom. The summed E-state index contributed by atoms with van der Waals surface area (Å²) in [5.41, 5.74) is 1.67. The maximum atomic E-state index is 13.9. The quantitative estimate of drug-likeness (QED) is 0.193. The van der Waals surface area contributed by atoms with Gasteiger partial charge in [-0.05, 0) is 48.0 Å². The van der Waals surface area contributed by atoms with E-state index < -0.39 is 29.7 Å². The van der Waals surface area contributed by atoms with Crippen molar-refractivity contribution in [1.82, 2.24) is 0 Å². The van der Waals surface area contributed by atoms with Gasteiger partial charge in [0.15, 0.2) is 11.7 Å². The predicted molar refractivity (Wildman–Crippen MR) is 123 cm³/mol. The molecule has 32 heavy (non-hydrogen) atoms. The molecule has 0 spiro atoms. The fraction of sp³-hybridized carbons (Fsp3) is 0.160. The molecule has 0 fully saturated rings. The Bertz CT molecular complexity index is 1180. The number of esters is 2. The Morgan fingerprint density at radius 3 is 2.38 bits per heavy atom. The molecular formula is C25H18BrClO5. The van der Waals surface area contributed by atoms with Crippen molar-refractivity contribution in [2.45, 2.75) is 11.8 Å². The van der Waals surface area contributed by atoms with Crippen molar-refractivity contribution in [1.29, 1.82) is 0 Å². The summed E-state index contributed by atoms with van der Waals surface area (Å²) >= 11 is 9.46. The van der Waals surface area contributed by atoms with Crippen LogP contribution >= 0.6 is 27.5 Å². The van der Waals surface area contributed by atoms with E-state index in [9.17, 15) is 14.4 Å². The van der Waals surface area contributed by atoms with E-state index in [1.54, 1.807) is 42.5 Å². The molecule has 3 unspecified atom stereocenters. The minimum absolute atomic E-state index is 0.243. The number of carbonyl (C=O) groups is 3. The molecule has 3 aromatic carbocycles. The molecule has 4 rings (SSSR count). The lowest BCUT2D eigenvalue weighted by atomic mass is 9.69. The van der Waals surface area contributed by atoms with Crippen LogP contribution in [0.15, 0.2) is 77.3 Å². The van der Waals surface area contributed by atoms with Gasteiger partial charge in [0, 0.05) is 26.5 Å². The van der Waals surface area contributed by atoms with E-state index in [0.29, 0.717) is 27.5 Å². The van der Waals surface area contributed by atoms with Gasteiger partial charge in [0.1, 0.15) is 5.75 Å². The Labute approximate surface area is 198 Å². The maximum absolute atomic E-state index is 13.9. The highest BCUT2D eigenvalue weighted by molar-refractivity contribution is 9.10. The monoisotopic (exact) mass is 512 g/mol. The van der Waals surface area contributed by atoms with E-state index in [4.69, 9.17) is 21.1 Å². The Balaban J connectivity index is 1.95. The summed E-state index contributed by atoms with van der Waals surface area (Å²) in [4.78, 5) is 39.5. The van der Waals surface area contributed by atoms with Crippen molar-refractivity contribution in [3.05, 3.63) is 99.0 Å². The van der Waals surface area contributed by atoms with E-state index in [2.05, 4.69) is 15.9 Å². The molecule has 162 valence electrons. The van der Waals surface area contributed by atoms with Crippen molar-refractivity contribution in [3.63, 3.8) is 0 Å². The average Bonchev–Trinajstić information content (AvgIpc) is 2.80. The number of Topliss-reactive ketones (excluding diaryl/α,β-unsaturated/α-hetero) is 1. The molecule has 3 aromatic rings. The number of carbonyl (C=O) groups excluding carboxylic acids is 3. The highest BCUT2D eigenvalue weighted by atomic mass is 79.9. The Morgan fingerprint density at radius 1 is 1.03 bits per heavy atom. The van der Waals surface area contributed by atoms with Crippen molar-refractivity contribution < 1.29 is 23.9 Å². The van der Waals surface area contributed by atoms with Crippen LogP contribution in [0.4, 0.5) is 0 Å². The summed E-state index contributed by atoms with van der Waals surface area (Å²) in [7, 11) is 1.21. The molecule has 0 N–H and O–H groups in total. The molecule has 7 heteroatoms. The third-order valence-electron chi connectivity index (χ3n) is 5.54. The van der Waals surface area contributed by atoms with Gasteiger partial charge in [-0.3, -0.25) is 14.4 Å². The van der Waals surface area contributed by atoms with Crippen LogP contribution in [0.5, 0.6) is 5.75 Å². The van der Waals surface area contributed by atoms with Crippen LogP contribution in [0.25, 0.3) is 0 Å². The van der Waals surface area contributed by atoms with Gasteiger partial charge in [-0.15, -0.1) is 0 Å². The lowest BCUT2D eigenvalue weighted by molar-refractivity contribution is -0.157. The third kappa shape index (κ3) is 4.20. The summed E-state index contributed by atoms with van der Waals surface area (Å²) in [6, 6.07) is 20.8. The fourth-order valence-electron chi connectivity index (χ4n) is 4.09. The first-order valence-corrected chi connectivity index (χ1v) is 11.0. The van der Waals surface area contributed by atoms with Crippen LogP contribution in [0.1, 0.15) is 33.3 Å². The largest absolute Gasteiger partial charge is 0.468 e. The van der Waals surface area contributed by atoms with Crippen LogP contribution in [-0.2, 0) is 14.3 Å². The molecule has 0 aliphatic carbocycles. The lowest BCUT2D eigenvalue weighted by Gasteiger charge is -2.35. The molecule has 3 atom stereocenters. The van der Waals surface area contributed by atoms with Crippen LogP contribution in [0.2, 0.25) is 5.02 Å². The van der Waals surface area contributed by atoms with Gasteiger partial charge in [-0.2, -0.15) is 0 Å². The van der Waals surface area contributed by atoms with E-state index in [1.807, 2.05) is 30.3 Å². The standard InChI is InChI=1S/C25H18BrClO5/c1-31-24(29)22-21(18-13-16(26)9-12-19(18)32-25(22)30)20(14-5-3-2-4-6-14)23(28)15-7-10-17(27)11-8-15/h2-13,20-22H,1H3. The van der Waals surface area contributed by atoms with Crippen molar-refractivity contribution in [2.24, 2.45) is 5.92 Å². The van der Waals surface area contributed by atoms with E-state index in [1.165, 1.54) is 7.11 Å². The predicted octanol–water partition coefficient (Wildman–Crippen LogP) is 5.56. The first-order valence-electron chi connectivity index (χ1n) is 9.84. The lowest BCUT2D eigenvalue weighted by Crippen LogP contribution is -2.42. The van der Waals surface area contributed by atoms with Crippen molar-refractivity contribution in [2.75, 3.05) is 7.11 Å². The summed E-state index contributed by atoms with van der Waals surface area (Å²) in [6.45, 7) is 0. The zero-order valence-electron chi connectivity index (χ0n) is 17.0. The number of ether oxygens (including phenoxy) is 2. The second-order valence-corrected chi connectivity index (χ2v) is 8.74. The molecule has 0 aromatic heterocycles. The molecule has 0 saturated heterocycles. The number of methoxy groups -OCH3 is 1. The zero-order chi connectivity index (χ0) is 22.8. The summed E-state index contributed by atoms with van der Waals surface area (Å²) in [6.07, 6.45) is 0. The van der Waals surface area contributed by atoms with Crippen molar-refractivity contribution in [3.8, 4) is 5.75 Å². The van der Waals surface area contributed by atoms with Gasteiger partial charge >= 0.3 is 11.9 Å².